The van der Waals surface area contributed by atoms with E-state index in [0.29, 0.717) is 43.7 Å². The number of hydrogen-bond donors (Lipinski definition) is 3. The first kappa shape index (κ1) is 31.1. The number of nitrogens with one attached hydrogen (secondary N) is 3. The third-order valence-corrected chi connectivity index (χ3v) is 8.86. The van der Waals surface area contributed by atoms with E-state index in [-0.39, 0.29) is 23.7 Å². The van der Waals surface area contributed by atoms with Crippen LogP contribution in [0.15, 0.2) is 30.3 Å². The minimum atomic E-state index is -3.70. The summed E-state index contributed by atoms with van der Waals surface area (Å²) in [6.07, 6.45) is 6.77. The summed E-state index contributed by atoms with van der Waals surface area (Å²) in [7, 11) is -2.30. The minimum Gasteiger partial charge on any atom is -0.491 e. The second-order valence-corrected chi connectivity index (χ2v) is 12.8. The Morgan fingerprint density at radius 3 is 2.50 bits per heavy atom. The van der Waals surface area contributed by atoms with Gasteiger partial charge in [0.05, 0.1) is 17.8 Å². The summed E-state index contributed by atoms with van der Waals surface area (Å²) in [6.45, 7) is 6.64. The van der Waals surface area contributed by atoms with Crippen molar-refractivity contribution in [2.75, 3.05) is 42.9 Å². The van der Waals surface area contributed by atoms with E-state index in [1.54, 1.807) is 19.9 Å². The molecule has 3 unspecified atom stereocenters. The van der Waals surface area contributed by atoms with Crippen molar-refractivity contribution in [1.29, 1.82) is 0 Å². The number of benzene rings is 1. The summed E-state index contributed by atoms with van der Waals surface area (Å²) in [5.41, 5.74) is 0.195. The fraction of sp³-hybridized carbons (Fsp3) is 0.500. The minimum absolute atomic E-state index is 0.0131. The van der Waals surface area contributed by atoms with Gasteiger partial charge in [-0.2, -0.15) is 0 Å². The molecule has 0 bridgehead atoms. The van der Waals surface area contributed by atoms with Crippen LogP contribution in [-0.4, -0.2) is 63.9 Å². The van der Waals surface area contributed by atoms with Gasteiger partial charge in [0.2, 0.25) is 10.0 Å². The molecular formula is C28H37F2N5O4S. The molecule has 0 saturated heterocycles. The van der Waals surface area contributed by atoms with E-state index < -0.39 is 38.9 Å². The fourth-order valence-corrected chi connectivity index (χ4v) is 4.96. The van der Waals surface area contributed by atoms with Crippen LogP contribution in [-0.2, 0) is 10.0 Å². The number of terminal acetylenes is 1. The Bertz CT molecular complexity index is 1310. The van der Waals surface area contributed by atoms with Crippen molar-refractivity contribution >= 4 is 27.6 Å². The maximum absolute atomic E-state index is 13.6. The molecule has 0 radical (unpaired) electrons. The van der Waals surface area contributed by atoms with Crippen LogP contribution in [0.2, 0.25) is 0 Å². The van der Waals surface area contributed by atoms with Crippen LogP contribution in [0, 0.1) is 35.8 Å². The van der Waals surface area contributed by atoms with Crippen molar-refractivity contribution in [3.05, 3.63) is 47.5 Å². The van der Waals surface area contributed by atoms with E-state index in [1.807, 2.05) is 0 Å². The lowest BCUT2D eigenvalue weighted by atomic mass is 10.1. The topological polar surface area (TPSA) is 113 Å². The number of hydrogen-bond acceptors (Lipinski definition) is 7. The van der Waals surface area contributed by atoms with Crippen molar-refractivity contribution in [1.82, 2.24) is 15.6 Å². The highest BCUT2D eigenvalue weighted by Gasteiger charge is 2.32. The van der Waals surface area contributed by atoms with E-state index in [0.717, 1.165) is 28.9 Å². The van der Waals surface area contributed by atoms with E-state index in [4.69, 9.17) is 11.2 Å². The number of carbonyl (C=O) groups excluding carboxylic acids is 1. The Kier molecular flexibility index (Phi) is 10.7. The van der Waals surface area contributed by atoms with Crippen LogP contribution < -0.4 is 25.0 Å². The highest BCUT2D eigenvalue weighted by molar-refractivity contribution is 7.93. The maximum atomic E-state index is 13.6. The van der Waals surface area contributed by atoms with Gasteiger partial charge in [0.25, 0.3) is 5.91 Å². The number of aromatic nitrogens is 1. The van der Waals surface area contributed by atoms with Gasteiger partial charge >= 0.3 is 0 Å². The number of halogens is 2. The molecule has 1 saturated carbocycles. The molecule has 2 aromatic rings. The molecule has 0 aliphatic heterocycles. The molecule has 3 atom stereocenters. The number of rotatable bonds is 15. The van der Waals surface area contributed by atoms with Gasteiger partial charge in [0, 0.05) is 37.4 Å². The number of ether oxygens (including phenoxy) is 1. The summed E-state index contributed by atoms with van der Waals surface area (Å²) >= 11 is 0. The van der Waals surface area contributed by atoms with E-state index in [2.05, 4.69) is 33.8 Å². The van der Waals surface area contributed by atoms with Crippen molar-refractivity contribution in [2.24, 2.45) is 11.8 Å². The molecule has 3 N–H and O–H groups in total. The first-order chi connectivity index (χ1) is 18.9. The first-order valence-electron chi connectivity index (χ1n) is 13.2. The zero-order valence-electron chi connectivity index (χ0n) is 23.2. The van der Waals surface area contributed by atoms with E-state index >= 15 is 0 Å². The quantitative estimate of drug-likeness (QED) is 0.220. The Hall–Kier alpha value is -3.43. The smallest absolute Gasteiger partial charge is 0.251 e. The third kappa shape index (κ3) is 8.79. The molecule has 1 aromatic carbocycles. The summed E-state index contributed by atoms with van der Waals surface area (Å²) in [6, 6.07) is 5.26. The average molecular weight is 578 g/mol. The van der Waals surface area contributed by atoms with Crippen molar-refractivity contribution in [3.8, 4) is 18.1 Å². The lowest BCUT2D eigenvalue weighted by Crippen LogP contribution is -2.41. The molecule has 1 aliphatic carbocycles. The normalized spacial score (nSPS) is 17.1. The predicted octanol–water partition coefficient (Wildman–Crippen LogP) is 3.39. The molecule has 9 nitrogen and oxygen atoms in total. The number of pyridine rings is 1. The van der Waals surface area contributed by atoms with Gasteiger partial charge in [-0.05, 0) is 57.2 Å². The molecule has 0 spiro atoms. The number of anilines is 2. The standard InChI is InChI=1S/C28H37F2N5O4S/c1-6-8-31-9-7-24(17-39-25-14-22(29)13-23(30)15-25)33-28(36)20-11-26(32-16-21-10-19(21)4)34-27(12-20)35(5)40(37,38)18(2)3/h1,11-15,18-19,21,24,31H,7-10,16-17H2,2-5H3,(H,32,34)(H,33,36). The number of nitrogens with zero attached hydrogens (tertiary/aromatic N) is 2. The van der Waals surface area contributed by atoms with Crippen LogP contribution in [0.1, 0.15) is 44.0 Å². The SMILES string of the molecule is C#CCNCCC(COc1cc(F)cc(F)c1)NC(=O)c1cc(NCC2CC2C)nc(N(C)S(=O)(=O)C(C)C)c1. The summed E-state index contributed by atoms with van der Waals surface area (Å²) in [5, 5.41) is 8.46. The lowest BCUT2D eigenvalue weighted by Gasteiger charge is -2.23. The third-order valence-electron chi connectivity index (χ3n) is 6.71. The average Bonchev–Trinajstić information content (AvgIpc) is 3.61. The van der Waals surface area contributed by atoms with Gasteiger partial charge in [-0.3, -0.25) is 9.10 Å². The molecule has 3 rings (SSSR count). The van der Waals surface area contributed by atoms with Crippen molar-refractivity contribution < 1.29 is 26.7 Å². The Morgan fingerprint density at radius 2 is 1.90 bits per heavy atom. The van der Waals surface area contributed by atoms with Gasteiger partial charge in [-0.1, -0.05) is 12.8 Å². The van der Waals surface area contributed by atoms with E-state index in [1.165, 1.54) is 13.1 Å². The zero-order chi connectivity index (χ0) is 29.4. The highest BCUT2D eigenvalue weighted by Crippen LogP contribution is 2.37. The summed E-state index contributed by atoms with van der Waals surface area (Å²) < 4.78 is 59.5. The first-order valence-corrected chi connectivity index (χ1v) is 14.7. The predicted molar refractivity (Wildman–Crippen MR) is 152 cm³/mol. The van der Waals surface area contributed by atoms with Crippen LogP contribution >= 0.6 is 0 Å². The Labute approximate surface area is 235 Å². The maximum Gasteiger partial charge on any atom is 0.251 e. The van der Waals surface area contributed by atoms with Crippen molar-refractivity contribution in [2.45, 2.75) is 44.9 Å². The van der Waals surface area contributed by atoms with Gasteiger partial charge < -0.3 is 20.7 Å². The molecule has 1 aromatic heterocycles. The van der Waals surface area contributed by atoms with Gasteiger partial charge in [-0.25, -0.2) is 22.2 Å². The van der Waals surface area contributed by atoms with Gasteiger partial charge in [-0.15, -0.1) is 6.42 Å². The Balaban J connectivity index is 1.82. The summed E-state index contributed by atoms with van der Waals surface area (Å²) in [5.74, 6) is 1.97. The van der Waals surface area contributed by atoms with Gasteiger partial charge in [0.1, 0.15) is 35.6 Å². The Morgan fingerprint density at radius 1 is 1.23 bits per heavy atom. The summed E-state index contributed by atoms with van der Waals surface area (Å²) in [4.78, 5) is 17.9. The molecule has 40 heavy (non-hydrogen) atoms. The highest BCUT2D eigenvalue weighted by atomic mass is 32.2. The molecule has 1 fully saturated rings. The zero-order valence-corrected chi connectivity index (χ0v) is 24.0. The number of carbonyl (C=O) groups is 1. The fourth-order valence-electron chi connectivity index (χ4n) is 3.98. The van der Waals surface area contributed by atoms with Crippen LogP contribution in [0.25, 0.3) is 0 Å². The molecule has 1 amide bonds. The monoisotopic (exact) mass is 577 g/mol. The molecule has 218 valence electrons. The molecular weight excluding hydrogens is 540 g/mol. The largest absolute Gasteiger partial charge is 0.491 e. The van der Waals surface area contributed by atoms with Crippen LogP contribution in [0.5, 0.6) is 5.75 Å². The second-order valence-electron chi connectivity index (χ2n) is 10.3. The lowest BCUT2D eigenvalue weighted by molar-refractivity contribution is 0.0918. The van der Waals surface area contributed by atoms with Crippen LogP contribution in [0.3, 0.4) is 0 Å². The van der Waals surface area contributed by atoms with Crippen molar-refractivity contribution in [3.63, 3.8) is 0 Å². The van der Waals surface area contributed by atoms with Gasteiger partial charge in [0.15, 0.2) is 0 Å². The molecule has 1 heterocycles. The second kappa shape index (κ2) is 13.8. The number of amides is 1. The number of sulfonamides is 1. The van der Waals surface area contributed by atoms with E-state index in [9.17, 15) is 22.0 Å². The molecule has 1 aliphatic rings. The molecule has 12 heteroatoms. The van der Waals surface area contributed by atoms with Crippen LogP contribution in [0.4, 0.5) is 20.4 Å².